The van der Waals surface area contributed by atoms with Gasteiger partial charge in [-0.3, -0.25) is 4.79 Å². The SMILES string of the molecule is CCCCCCCCCCCCCCCCCCn1c(CCCCCNC(=O)COc2cc(C)ccc2C)nc2ccccc21. The molecule has 5 nitrogen and oxygen atoms in total. The number of amides is 1. The molecule has 0 atom stereocenters. The summed E-state index contributed by atoms with van der Waals surface area (Å²) in [5, 5.41) is 3.01. The number of rotatable bonds is 26. The monoisotopic (exact) mass is 617 g/mol. The zero-order valence-corrected chi connectivity index (χ0v) is 29.0. The Morgan fingerprint density at radius 2 is 1.33 bits per heavy atom. The van der Waals surface area contributed by atoms with Crippen LogP contribution in [-0.2, 0) is 17.8 Å². The average Bonchev–Trinajstić information content (AvgIpc) is 3.40. The summed E-state index contributed by atoms with van der Waals surface area (Å²) < 4.78 is 8.19. The van der Waals surface area contributed by atoms with E-state index in [0.717, 1.165) is 54.6 Å². The minimum atomic E-state index is -0.0588. The van der Waals surface area contributed by atoms with Crippen LogP contribution in [0.5, 0.6) is 5.75 Å². The van der Waals surface area contributed by atoms with Crippen molar-refractivity contribution in [3.05, 3.63) is 59.4 Å². The third-order valence-corrected chi connectivity index (χ3v) is 9.07. The number of aromatic nitrogens is 2. The van der Waals surface area contributed by atoms with Crippen molar-refractivity contribution in [2.75, 3.05) is 13.2 Å². The van der Waals surface area contributed by atoms with E-state index in [9.17, 15) is 4.79 Å². The Balaban J connectivity index is 1.23. The highest BCUT2D eigenvalue weighted by Crippen LogP contribution is 2.21. The predicted molar refractivity (Wildman–Crippen MR) is 191 cm³/mol. The summed E-state index contributed by atoms with van der Waals surface area (Å²) in [5.41, 5.74) is 4.56. The van der Waals surface area contributed by atoms with Gasteiger partial charge in [0.2, 0.25) is 0 Å². The number of fused-ring (bicyclic) bond motifs is 1. The first-order chi connectivity index (χ1) is 22.1. The van der Waals surface area contributed by atoms with Gasteiger partial charge in [-0.15, -0.1) is 0 Å². The summed E-state index contributed by atoms with van der Waals surface area (Å²) in [4.78, 5) is 17.2. The highest BCUT2D eigenvalue weighted by molar-refractivity contribution is 5.77. The second-order valence-electron chi connectivity index (χ2n) is 13.2. The maximum Gasteiger partial charge on any atom is 0.257 e. The second-order valence-corrected chi connectivity index (χ2v) is 13.2. The molecule has 1 aromatic heterocycles. The third kappa shape index (κ3) is 14.9. The van der Waals surface area contributed by atoms with Crippen molar-refractivity contribution in [3.8, 4) is 5.75 Å². The van der Waals surface area contributed by atoms with Gasteiger partial charge in [0.15, 0.2) is 6.61 Å². The molecule has 0 aliphatic carbocycles. The maximum absolute atomic E-state index is 12.2. The Bertz CT molecular complexity index is 1220. The van der Waals surface area contributed by atoms with Gasteiger partial charge in [0.25, 0.3) is 5.91 Å². The number of carbonyl (C=O) groups is 1. The normalized spacial score (nSPS) is 11.4. The number of nitrogens with one attached hydrogen (secondary N) is 1. The molecule has 0 radical (unpaired) electrons. The van der Waals surface area contributed by atoms with Crippen LogP contribution in [0.2, 0.25) is 0 Å². The topological polar surface area (TPSA) is 56.2 Å². The number of aryl methyl sites for hydroxylation is 4. The molecule has 0 saturated carbocycles. The number of nitrogens with zero attached hydrogens (tertiary/aromatic N) is 2. The van der Waals surface area contributed by atoms with Crippen molar-refractivity contribution in [3.63, 3.8) is 0 Å². The molecule has 0 spiro atoms. The van der Waals surface area contributed by atoms with E-state index in [0.29, 0.717) is 6.54 Å². The molecule has 5 heteroatoms. The minimum absolute atomic E-state index is 0.0588. The fourth-order valence-electron chi connectivity index (χ4n) is 6.25. The lowest BCUT2D eigenvalue weighted by Crippen LogP contribution is -2.29. The largest absolute Gasteiger partial charge is 0.483 e. The summed E-state index contributed by atoms with van der Waals surface area (Å²) in [6.45, 7) is 8.13. The van der Waals surface area contributed by atoms with Crippen molar-refractivity contribution >= 4 is 16.9 Å². The van der Waals surface area contributed by atoms with E-state index in [1.54, 1.807) is 0 Å². The molecule has 1 N–H and O–H groups in total. The van der Waals surface area contributed by atoms with Crippen LogP contribution in [0.3, 0.4) is 0 Å². The van der Waals surface area contributed by atoms with Gasteiger partial charge in [-0.05, 0) is 62.4 Å². The quantitative estimate of drug-likeness (QED) is 0.0912. The summed E-state index contributed by atoms with van der Waals surface area (Å²) in [6, 6.07) is 14.6. The number of unbranched alkanes of at least 4 members (excludes halogenated alkanes) is 17. The van der Waals surface area contributed by atoms with Crippen LogP contribution in [0.4, 0.5) is 0 Å². The van der Waals surface area contributed by atoms with Crippen LogP contribution in [0, 0.1) is 13.8 Å². The summed E-state index contributed by atoms with van der Waals surface area (Å²) in [7, 11) is 0. The Hall–Kier alpha value is -2.82. The maximum atomic E-state index is 12.2. The summed E-state index contributed by atoms with van der Waals surface area (Å²) in [6.07, 6.45) is 26.5. The molecular weight excluding hydrogens is 554 g/mol. The molecule has 0 saturated heterocycles. The summed E-state index contributed by atoms with van der Waals surface area (Å²) >= 11 is 0. The highest BCUT2D eigenvalue weighted by atomic mass is 16.5. The number of hydrogen-bond donors (Lipinski definition) is 1. The van der Waals surface area contributed by atoms with E-state index >= 15 is 0 Å². The first-order valence-corrected chi connectivity index (χ1v) is 18.5. The molecule has 2 aromatic carbocycles. The van der Waals surface area contributed by atoms with Gasteiger partial charge in [0.1, 0.15) is 11.6 Å². The fourth-order valence-corrected chi connectivity index (χ4v) is 6.25. The standard InChI is InChI=1S/C40H63N3O2/c1-4-5-6-7-8-9-10-11-12-13-14-15-16-17-18-24-31-43-37-26-22-21-25-36(37)42-39(43)27-20-19-23-30-41-40(44)33-45-38-32-34(2)28-29-35(38)3/h21-22,25-26,28-29,32H,4-20,23-24,27,30-31,33H2,1-3H3,(H,41,44). The fraction of sp³-hybridized carbons (Fsp3) is 0.650. The Morgan fingerprint density at radius 3 is 2.00 bits per heavy atom. The molecule has 3 aromatic rings. The lowest BCUT2D eigenvalue weighted by atomic mass is 10.0. The van der Waals surface area contributed by atoms with Gasteiger partial charge in [0.05, 0.1) is 11.0 Å². The lowest BCUT2D eigenvalue weighted by Gasteiger charge is -2.11. The van der Waals surface area contributed by atoms with Crippen LogP contribution in [0.15, 0.2) is 42.5 Å². The molecule has 0 aliphatic rings. The van der Waals surface area contributed by atoms with E-state index in [1.807, 2.05) is 26.0 Å². The lowest BCUT2D eigenvalue weighted by molar-refractivity contribution is -0.123. The molecule has 1 heterocycles. The van der Waals surface area contributed by atoms with E-state index in [4.69, 9.17) is 9.72 Å². The van der Waals surface area contributed by atoms with Crippen molar-refractivity contribution in [1.29, 1.82) is 0 Å². The van der Waals surface area contributed by atoms with Crippen molar-refractivity contribution in [1.82, 2.24) is 14.9 Å². The Kier molecular flexibility index (Phi) is 18.4. The molecule has 0 bridgehead atoms. The number of hydrogen-bond acceptors (Lipinski definition) is 3. The summed E-state index contributed by atoms with van der Waals surface area (Å²) in [5.74, 6) is 1.94. The van der Waals surface area contributed by atoms with Crippen molar-refractivity contribution < 1.29 is 9.53 Å². The Labute approximate surface area is 274 Å². The first-order valence-electron chi connectivity index (χ1n) is 18.5. The van der Waals surface area contributed by atoms with Gasteiger partial charge < -0.3 is 14.6 Å². The van der Waals surface area contributed by atoms with E-state index < -0.39 is 0 Å². The van der Waals surface area contributed by atoms with Crippen LogP contribution >= 0.6 is 0 Å². The van der Waals surface area contributed by atoms with Crippen LogP contribution in [-0.4, -0.2) is 28.6 Å². The zero-order chi connectivity index (χ0) is 32.0. The number of imidazole rings is 1. The molecule has 3 rings (SSSR count). The molecule has 0 unspecified atom stereocenters. The first kappa shape index (κ1) is 36.6. The number of benzene rings is 2. The zero-order valence-electron chi connectivity index (χ0n) is 29.0. The second kappa shape index (κ2) is 22.6. The average molecular weight is 618 g/mol. The van der Waals surface area contributed by atoms with E-state index in [1.165, 1.54) is 114 Å². The molecular formula is C40H63N3O2. The van der Waals surface area contributed by atoms with Crippen molar-refractivity contribution in [2.24, 2.45) is 0 Å². The highest BCUT2D eigenvalue weighted by Gasteiger charge is 2.10. The molecule has 1 amide bonds. The van der Waals surface area contributed by atoms with Crippen molar-refractivity contribution in [2.45, 2.75) is 156 Å². The molecule has 250 valence electrons. The van der Waals surface area contributed by atoms with Crippen LogP contribution in [0.25, 0.3) is 11.0 Å². The van der Waals surface area contributed by atoms with E-state index in [2.05, 4.69) is 47.1 Å². The van der Waals surface area contributed by atoms with Gasteiger partial charge in [-0.1, -0.05) is 134 Å². The van der Waals surface area contributed by atoms with Gasteiger partial charge >= 0.3 is 0 Å². The number of para-hydroxylation sites is 2. The molecule has 0 aliphatic heterocycles. The number of carbonyl (C=O) groups excluding carboxylic acids is 1. The Morgan fingerprint density at radius 1 is 0.733 bits per heavy atom. The minimum Gasteiger partial charge on any atom is -0.483 e. The smallest absolute Gasteiger partial charge is 0.257 e. The third-order valence-electron chi connectivity index (χ3n) is 9.07. The van der Waals surface area contributed by atoms with Gasteiger partial charge in [0, 0.05) is 19.5 Å². The van der Waals surface area contributed by atoms with Crippen LogP contribution < -0.4 is 10.1 Å². The van der Waals surface area contributed by atoms with Gasteiger partial charge in [-0.25, -0.2) is 4.98 Å². The van der Waals surface area contributed by atoms with Gasteiger partial charge in [-0.2, -0.15) is 0 Å². The molecule has 0 fully saturated rings. The number of ether oxygens (including phenoxy) is 1. The predicted octanol–water partition coefficient (Wildman–Crippen LogP) is 10.8. The molecule has 45 heavy (non-hydrogen) atoms. The van der Waals surface area contributed by atoms with E-state index in [-0.39, 0.29) is 12.5 Å². The van der Waals surface area contributed by atoms with Crippen LogP contribution in [0.1, 0.15) is 146 Å².